The summed E-state index contributed by atoms with van der Waals surface area (Å²) >= 11 is 0. The molecule has 1 atom stereocenters. The molecule has 4 heteroatoms. The normalized spacial score (nSPS) is 12.6. The van der Waals surface area contributed by atoms with E-state index in [9.17, 15) is 4.79 Å². The van der Waals surface area contributed by atoms with E-state index < -0.39 is 11.7 Å². The summed E-state index contributed by atoms with van der Waals surface area (Å²) in [6.45, 7) is 9.91. The molecule has 2 N–H and O–H groups in total. The van der Waals surface area contributed by atoms with Crippen LogP contribution in [0.4, 0.5) is 16.2 Å². The Bertz CT molecular complexity index is 691. The van der Waals surface area contributed by atoms with E-state index in [1.807, 2.05) is 63.2 Å². The number of hydrogen-bond donors (Lipinski definition) is 2. The second kappa shape index (κ2) is 8.06. The summed E-state index contributed by atoms with van der Waals surface area (Å²) in [5.41, 5.74) is 2.38. The summed E-state index contributed by atoms with van der Waals surface area (Å²) in [6, 6.07) is 18.2. The van der Waals surface area contributed by atoms with Crippen LogP contribution in [-0.2, 0) is 4.74 Å². The predicted molar refractivity (Wildman–Crippen MR) is 104 cm³/mol. The van der Waals surface area contributed by atoms with Gasteiger partial charge in [-0.15, -0.1) is 0 Å². The highest BCUT2D eigenvalue weighted by Gasteiger charge is 2.17. The van der Waals surface area contributed by atoms with Crippen molar-refractivity contribution in [3.05, 3.63) is 60.2 Å². The molecule has 2 rings (SSSR count). The minimum absolute atomic E-state index is 0.193. The quantitative estimate of drug-likeness (QED) is 0.718. The van der Waals surface area contributed by atoms with Crippen LogP contribution in [-0.4, -0.2) is 11.7 Å². The average Bonchev–Trinajstić information content (AvgIpc) is 2.51. The lowest BCUT2D eigenvalue weighted by atomic mass is 9.96. The van der Waals surface area contributed by atoms with Gasteiger partial charge in [0.15, 0.2) is 0 Å². The van der Waals surface area contributed by atoms with Crippen molar-refractivity contribution in [2.24, 2.45) is 5.92 Å². The molecule has 2 aromatic carbocycles. The molecule has 0 aliphatic heterocycles. The first-order chi connectivity index (χ1) is 11.7. The predicted octanol–water partition coefficient (Wildman–Crippen LogP) is 5.84. The highest BCUT2D eigenvalue weighted by Crippen LogP contribution is 2.27. The van der Waals surface area contributed by atoms with Crippen molar-refractivity contribution in [3.8, 4) is 0 Å². The Kier molecular flexibility index (Phi) is 6.07. The summed E-state index contributed by atoms with van der Waals surface area (Å²) in [5, 5.41) is 6.34. The van der Waals surface area contributed by atoms with Gasteiger partial charge < -0.3 is 10.1 Å². The van der Waals surface area contributed by atoms with E-state index in [0.29, 0.717) is 11.6 Å². The molecule has 0 saturated carbocycles. The highest BCUT2D eigenvalue weighted by molar-refractivity contribution is 5.85. The van der Waals surface area contributed by atoms with Gasteiger partial charge in [0.05, 0.1) is 6.04 Å². The molecule has 25 heavy (non-hydrogen) atoms. The van der Waals surface area contributed by atoms with Crippen molar-refractivity contribution >= 4 is 17.5 Å². The topological polar surface area (TPSA) is 50.4 Å². The lowest BCUT2D eigenvalue weighted by molar-refractivity contribution is 0.0636. The van der Waals surface area contributed by atoms with Gasteiger partial charge in [-0.25, -0.2) is 4.79 Å². The molecule has 134 valence electrons. The maximum absolute atomic E-state index is 11.9. The molecule has 0 spiro atoms. The van der Waals surface area contributed by atoms with E-state index in [2.05, 4.69) is 36.6 Å². The van der Waals surface area contributed by atoms with Crippen molar-refractivity contribution in [1.29, 1.82) is 0 Å². The Morgan fingerprint density at radius 1 is 0.960 bits per heavy atom. The van der Waals surface area contributed by atoms with Gasteiger partial charge in [-0.2, -0.15) is 0 Å². The molecule has 0 aliphatic carbocycles. The van der Waals surface area contributed by atoms with Gasteiger partial charge in [0, 0.05) is 11.4 Å². The molecule has 0 heterocycles. The van der Waals surface area contributed by atoms with Gasteiger partial charge in [-0.3, -0.25) is 5.32 Å². The molecule has 0 saturated heterocycles. The third-order valence-corrected chi connectivity index (χ3v) is 3.66. The third kappa shape index (κ3) is 6.14. The van der Waals surface area contributed by atoms with Gasteiger partial charge in [-0.1, -0.05) is 50.2 Å². The Morgan fingerprint density at radius 3 is 2.20 bits per heavy atom. The van der Waals surface area contributed by atoms with Gasteiger partial charge in [0.2, 0.25) is 0 Å². The fourth-order valence-corrected chi connectivity index (χ4v) is 2.58. The SMILES string of the molecule is CC(C)C(Nc1cccc(NC(=O)OC(C)(C)C)c1)c1ccccc1. The van der Waals surface area contributed by atoms with Gasteiger partial charge >= 0.3 is 6.09 Å². The zero-order chi connectivity index (χ0) is 18.4. The second-order valence-electron chi connectivity index (χ2n) is 7.48. The molecule has 1 amide bonds. The average molecular weight is 340 g/mol. The molecular formula is C21H28N2O2. The summed E-state index contributed by atoms with van der Waals surface area (Å²) in [4.78, 5) is 11.9. The molecule has 2 aromatic rings. The zero-order valence-electron chi connectivity index (χ0n) is 15.7. The Balaban J connectivity index is 2.11. The number of amides is 1. The molecule has 4 nitrogen and oxygen atoms in total. The van der Waals surface area contributed by atoms with Crippen LogP contribution in [0.15, 0.2) is 54.6 Å². The smallest absolute Gasteiger partial charge is 0.412 e. The first kappa shape index (κ1) is 18.8. The highest BCUT2D eigenvalue weighted by atomic mass is 16.6. The van der Waals surface area contributed by atoms with Crippen LogP contribution in [0.2, 0.25) is 0 Å². The number of ether oxygens (including phenoxy) is 1. The first-order valence-electron chi connectivity index (χ1n) is 8.66. The number of benzene rings is 2. The molecule has 0 fully saturated rings. The molecule has 0 aromatic heterocycles. The van der Waals surface area contributed by atoms with Crippen LogP contribution in [0.1, 0.15) is 46.2 Å². The summed E-state index contributed by atoms with van der Waals surface area (Å²) in [5.74, 6) is 0.421. The van der Waals surface area contributed by atoms with Crippen LogP contribution in [0.3, 0.4) is 0 Å². The van der Waals surface area contributed by atoms with E-state index in [1.54, 1.807) is 0 Å². The van der Waals surface area contributed by atoms with Gasteiger partial charge in [0.25, 0.3) is 0 Å². The fourth-order valence-electron chi connectivity index (χ4n) is 2.58. The van der Waals surface area contributed by atoms with Crippen LogP contribution >= 0.6 is 0 Å². The fraction of sp³-hybridized carbons (Fsp3) is 0.381. The van der Waals surface area contributed by atoms with Crippen molar-refractivity contribution in [2.45, 2.75) is 46.3 Å². The van der Waals surface area contributed by atoms with E-state index in [4.69, 9.17) is 4.74 Å². The summed E-state index contributed by atoms with van der Waals surface area (Å²) < 4.78 is 5.30. The number of carbonyl (C=O) groups is 1. The zero-order valence-corrected chi connectivity index (χ0v) is 15.7. The lowest BCUT2D eigenvalue weighted by Gasteiger charge is -2.24. The number of rotatable bonds is 5. The Morgan fingerprint density at radius 2 is 1.60 bits per heavy atom. The Hall–Kier alpha value is -2.49. The number of carbonyl (C=O) groups excluding carboxylic acids is 1. The van der Waals surface area contributed by atoms with Crippen LogP contribution < -0.4 is 10.6 Å². The second-order valence-corrected chi connectivity index (χ2v) is 7.48. The van der Waals surface area contributed by atoms with E-state index in [1.165, 1.54) is 5.56 Å². The van der Waals surface area contributed by atoms with Crippen LogP contribution in [0, 0.1) is 5.92 Å². The van der Waals surface area contributed by atoms with Crippen molar-refractivity contribution < 1.29 is 9.53 Å². The van der Waals surface area contributed by atoms with Crippen molar-refractivity contribution in [1.82, 2.24) is 0 Å². The largest absolute Gasteiger partial charge is 0.444 e. The van der Waals surface area contributed by atoms with Crippen LogP contribution in [0.25, 0.3) is 0 Å². The molecule has 0 bridgehead atoms. The van der Waals surface area contributed by atoms with Gasteiger partial charge in [-0.05, 0) is 50.5 Å². The van der Waals surface area contributed by atoms with Crippen LogP contribution in [0.5, 0.6) is 0 Å². The third-order valence-electron chi connectivity index (χ3n) is 3.66. The Labute approximate surface area is 150 Å². The molecule has 0 aliphatic rings. The summed E-state index contributed by atoms with van der Waals surface area (Å²) in [6.07, 6.45) is -0.451. The molecular weight excluding hydrogens is 312 g/mol. The van der Waals surface area contributed by atoms with Gasteiger partial charge in [0.1, 0.15) is 5.60 Å². The first-order valence-corrected chi connectivity index (χ1v) is 8.66. The lowest BCUT2D eigenvalue weighted by Crippen LogP contribution is -2.27. The maximum Gasteiger partial charge on any atom is 0.412 e. The minimum Gasteiger partial charge on any atom is -0.444 e. The number of anilines is 2. The van der Waals surface area contributed by atoms with Crippen molar-refractivity contribution in [3.63, 3.8) is 0 Å². The van der Waals surface area contributed by atoms with Crippen molar-refractivity contribution in [2.75, 3.05) is 10.6 Å². The van der Waals surface area contributed by atoms with E-state index in [0.717, 1.165) is 5.69 Å². The minimum atomic E-state index is -0.518. The van der Waals surface area contributed by atoms with E-state index in [-0.39, 0.29) is 6.04 Å². The number of hydrogen-bond acceptors (Lipinski definition) is 3. The number of nitrogens with one attached hydrogen (secondary N) is 2. The van der Waals surface area contributed by atoms with E-state index >= 15 is 0 Å². The monoisotopic (exact) mass is 340 g/mol. The summed E-state index contributed by atoms with van der Waals surface area (Å²) in [7, 11) is 0. The maximum atomic E-state index is 11.9. The standard InChI is InChI=1S/C21H28N2O2/c1-15(2)19(16-10-7-6-8-11-16)22-17-12-9-13-18(14-17)23-20(24)25-21(3,4)5/h6-15,19,22H,1-5H3,(H,23,24). The molecule has 0 radical (unpaired) electrons. The molecule has 1 unspecified atom stereocenters.